The highest BCUT2D eigenvalue weighted by atomic mass is 16.5. The van der Waals surface area contributed by atoms with Gasteiger partial charge in [0.05, 0.1) is 12.7 Å². The van der Waals surface area contributed by atoms with Crippen molar-refractivity contribution in [2.45, 2.75) is 46.3 Å². The molecule has 2 rings (SSSR count). The highest BCUT2D eigenvalue weighted by Crippen LogP contribution is 2.20. The van der Waals surface area contributed by atoms with Gasteiger partial charge in [-0.3, -0.25) is 0 Å². The fourth-order valence-corrected chi connectivity index (χ4v) is 2.12. The summed E-state index contributed by atoms with van der Waals surface area (Å²) in [4.78, 5) is 0. The topological polar surface area (TPSA) is 30.5 Å². The molecule has 1 atom stereocenters. The summed E-state index contributed by atoms with van der Waals surface area (Å²) in [5.74, 6) is 1.84. The summed E-state index contributed by atoms with van der Waals surface area (Å²) in [5, 5.41) is 3.43. The molecule has 0 radical (unpaired) electrons. The van der Waals surface area contributed by atoms with Crippen LogP contribution in [0.2, 0.25) is 0 Å². The molecule has 1 N–H and O–H groups in total. The molecule has 0 aromatic heterocycles. The molecule has 124 valence electrons. The van der Waals surface area contributed by atoms with Crippen molar-refractivity contribution in [1.82, 2.24) is 0 Å². The summed E-state index contributed by atoms with van der Waals surface area (Å²) in [6.45, 7) is 7.86. The average molecular weight is 313 g/mol. The molecule has 23 heavy (non-hydrogen) atoms. The van der Waals surface area contributed by atoms with Crippen LogP contribution in [0, 0.1) is 0 Å². The van der Waals surface area contributed by atoms with Crippen molar-refractivity contribution in [1.29, 1.82) is 0 Å². The van der Waals surface area contributed by atoms with E-state index in [1.807, 2.05) is 30.3 Å². The lowest BCUT2D eigenvalue weighted by Gasteiger charge is -2.14. The maximum atomic E-state index is 5.85. The summed E-state index contributed by atoms with van der Waals surface area (Å²) in [5.41, 5.74) is 2.29. The fraction of sp³-hybridized carbons (Fsp3) is 0.400. The smallest absolute Gasteiger partial charge is 0.121 e. The molecule has 0 aliphatic rings. The Morgan fingerprint density at radius 2 is 1.78 bits per heavy atom. The molecule has 0 amide bonds. The van der Waals surface area contributed by atoms with Crippen LogP contribution in [0.25, 0.3) is 0 Å². The molecule has 0 aliphatic heterocycles. The first-order valence-electron chi connectivity index (χ1n) is 8.43. The largest absolute Gasteiger partial charge is 0.494 e. The molecule has 3 heteroatoms. The van der Waals surface area contributed by atoms with Gasteiger partial charge in [0.2, 0.25) is 0 Å². The molecule has 0 saturated heterocycles. The normalized spacial score (nSPS) is 11.8. The lowest BCUT2D eigenvalue weighted by molar-refractivity contribution is 0.217. The first-order valence-corrected chi connectivity index (χ1v) is 8.43. The number of hydrogen-bond acceptors (Lipinski definition) is 3. The molecule has 3 nitrogen and oxygen atoms in total. The van der Waals surface area contributed by atoms with E-state index < -0.39 is 0 Å². The highest BCUT2D eigenvalue weighted by Gasteiger charge is 2.02. The third-order valence-electron chi connectivity index (χ3n) is 3.64. The number of anilines is 1. The van der Waals surface area contributed by atoms with E-state index in [-0.39, 0.29) is 6.10 Å². The van der Waals surface area contributed by atoms with Gasteiger partial charge in [0, 0.05) is 18.3 Å². The van der Waals surface area contributed by atoms with Crippen LogP contribution in [-0.4, -0.2) is 12.7 Å². The zero-order valence-corrected chi connectivity index (χ0v) is 14.3. The van der Waals surface area contributed by atoms with Gasteiger partial charge < -0.3 is 14.8 Å². The molecule has 2 aromatic rings. The van der Waals surface area contributed by atoms with Gasteiger partial charge in [-0.25, -0.2) is 0 Å². The van der Waals surface area contributed by atoms with Crippen molar-refractivity contribution in [3.63, 3.8) is 0 Å². The van der Waals surface area contributed by atoms with Gasteiger partial charge in [-0.15, -0.1) is 0 Å². The summed E-state index contributed by atoms with van der Waals surface area (Å²) in [7, 11) is 0. The third-order valence-corrected chi connectivity index (χ3v) is 3.64. The van der Waals surface area contributed by atoms with Crippen LogP contribution in [0.3, 0.4) is 0 Å². The van der Waals surface area contributed by atoms with Crippen LogP contribution in [0.15, 0.2) is 48.5 Å². The van der Waals surface area contributed by atoms with E-state index in [1.165, 1.54) is 5.56 Å². The fourth-order valence-electron chi connectivity index (χ4n) is 2.12. The van der Waals surface area contributed by atoms with Gasteiger partial charge in [0.1, 0.15) is 11.5 Å². The maximum Gasteiger partial charge on any atom is 0.121 e. The van der Waals surface area contributed by atoms with E-state index in [0.717, 1.165) is 43.2 Å². The predicted octanol–water partition coefficient (Wildman–Crippen LogP) is 5.26. The van der Waals surface area contributed by atoms with Gasteiger partial charge >= 0.3 is 0 Å². The molecular formula is C20H27NO2. The van der Waals surface area contributed by atoms with Crippen molar-refractivity contribution in [3.8, 4) is 11.5 Å². The maximum absolute atomic E-state index is 5.85. The Morgan fingerprint density at radius 1 is 1.00 bits per heavy atom. The molecule has 2 aromatic carbocycles. The Kier molecular flexibility index (Phi) is 6.79. The Balaban J connectivity index is 1.89. The second kappa shape index (κ2) is 9.09. The summed E-state index contributed by atoms with van der Waals surface area (Å²) in [6, 6.07) is 16.4. The van der Waals surface area contributed by atoms with Crippen molar-refractivity contribution in [3.05, 3.63) is 54.1 Å². The SMILES string of the molecule is CCCOc1ccc(CNc2cccc(OC(C)CC)c2)cc1. The average Bonchev–Trinajstić information content (AvgIpc) is 2.59. The van der Waals surface area contributed by atoms with Crippen LogP contribution >= 0.6 is 0 Å². The Hall–Kier alpha value is -2.16. The molecule has 0 spiro atoms. The Morgan fingerprint density at radius 3 is 2.48 bits per heavy atom. The van der Waals surface area contributed by atoms with E-state index >= 15 is 0 Å². The zero-order valence-electron chi connectivity index (χ0n) is 14.3. The van der Waals surface area contributed by atoms with Crippen LogP contribution in [-0.2, 0) is 6.54 Å². The minimum Gasteiger partial charge on any atom is -0.494 e. The van der Waals surface area contributed by atoms with Crippen LogP contribution < -0.4 is 14.8 Å². The highest BCUT2D eigenvalue weighted by molar-refractivity contribution is 5.48. The quantitative estimate of drug-likeness (QED) is 0.684. The van der Waals surface area contributed by atoms with Gasteiger partial charge in [-0.1, -0.05) is 32.0 Å². The van der Waals surface area contributed by atoms with Crippen LogP contribution in [0.1, 0.15) is 39.2 Å². The summed E-state index contributed by atoms with van der Waals surface area (Å²) in [6.07, 6.45) is 2.27. The molecule has 0 aliphatic carbocycles. The number of hydrogen-bond donors (Lipinski definition) is 1. The molecule has 0 saturated carbocycles. The lowest BCUT2D eigenvalue weighted by atomic mass is 10.2. The van der Waals surface area contributed by atoms with Crippen LogP contribution in [0.5, 0.6) is 11.5 Å². The van der Waals surface area contributed by atoms with Gasteiger partial charge in [-0.05, 0) is 49.6 Å². The predicted molar refractivity (Wildman–Crippen MR) is 96.4 cm³/mol. The van der Waals surface area contributed by atoms with E-state index in [1.54, 1.807) is 0 Å². The van der Waals surface area contributed by atoms with Crippen molar-refractivity contribution in [2.24, 2.45) is 0 Å². The molecular weight excluding hydrogens is 286 g/mol. The van der Waals surface area contributed by atoms with Crippen molar-refractivity contribution < 1.29 is 9.47 Å². The van der Waals surface area contributed by atoms with Crippen molar-refractivity contribution >= 4 is 5.69 Å². The first-order chi connectivity index (χ1) is 11.2. The minimum atomic E-state index is 0.237. The number of nitrogens with one attached hydrogen (secondary N) is 1. The zero-order chi connectivity index (χ0) is 16.5. The van der Waals surface area contributed by atoms with Crippen molar-refractivity contribution in [2.75, 3.05) is 11.9 Å². The van der Waals surface area contributed by atoms with Gasteiger partial charge in [0.25, 0.3) is 0 Å². The lowest BCUT2D eigenvalue weighted by Crippen LogP contribution is -2.09. The number of ether oxygens (including phenoxy) is 2. The number of rotatable bonds is 9. The van der Waals surface area contributed by atoms with Gasteiger partial charge in [0.15, 0.2) is 0 Å². The van der Waals surface area contributed by atoms with E-state index in [9.17, 15) is 0 Å². The first kappa shape index (κ1) is 17.2. The monoisotopic (exact) mass is 313 g/mol. The second-order valence-corrected chi connectivity index (χ2v) is 5.71. The summed E-state index contributed by atoms with van der Waals surface area (Å²) >= 11 is 0. The van der Waals surface area contributed by atoms with E-state index in [0.29, 0.717) is 0 Å². The summed E-state index contributed by atoms with van der Waals surface area (Å²) < 4.78 is 11.5. The van der Waals surface area contributed by atoms with Gasteiger partial charge in [-0.2, -0.15) is 0 Å². The standard InChI is InChI=1S/C20H27NO2/c1-4-13-22-19-11-9-17(10-12-19)15-21-18-7-6-8-20(14-18)23-16(3)5-2/h6-12,14,16,21H,4-5,13,15H2,1-3H3. The third kappa shape index (κ3) is 5.85. The second-order valence-electron chi connectivity index (χ2n) is 5.71. The molecule has 1 unspecified atom stereocenters. The number of benzene rings is 2. The van der Waals surface area contributed by atoms with E-state index in [2.05, 4.69) is 44.3 Å². The Bertz CT molecular complexity index is 580. The molecule has 0 heterocycles. The Labute approximate surface area is 139 Å². The molecule has 0 fully saturated rings. The van der Waals surface area contributed by atoms with Crippen LogP contribution in [0.4, 0.5) is 5.69 Å². The minimum absolute atomic E-state index is 0.237. The van der Waals surface area contributed by atoms with E-state index in [4.69, 9.17) is 9.47 Å². The molecule has 0 bridgehead atoms.